The van der Waals surface area contributed by atoms with E-state index in [1.165, 1.54) is 6.07 Å². The van der Waals surface area contributed by atoms with Crippen molar-refractivity contribution in [1.29, 1.82) is 0 Å². The lowest BCUT2D eigenvalue weighted by Crippen LogP contribution is -2.38. The van der Waals surface area contributed by atoms with Crippen molar-refractivity contribution in [3.8, 4) is 0 Å². The lowest BCUT2D eigenvalue weighted by molar-refractivity contribution is -0.140. The lowest BCUT2D eigenvalue weighted by Gasteiger charge is -2.34. The summed E-state index contributed by atoms with van der Waals surface area (Å²) in [5, 5.41) is 0. The van der Waals surface area contributed by atoms with Crippen molar-refractivity contribution in [2.75, 3.05) is 0 Å². The van der Waals surface area contributed by atoms with Crippen LogP contribution in [-0.4, -0.2) is 0 Å². The first kappa shape index (κ1) is 13.3. The number of hydrogen-bond donors (Lipinski definition) is 1. The van der Waals surface area contributed by atoms with E-state index in [0.717, 1.165) is 31.4 Å². The average molecular weight is 261 g/mol. The Bertz CT molecular complexity index is 433. The van der Waals surface area contributed by atoms with Crippen LogP contribution < -0.4 is 5.73 Å². The molecule has 0 unspecified atom stereocenters. The van der Waals surface area contributed by atoms with E-state index in [0.29, 0.717) is 18.4 Å². The highest BCUT2D eigenvalue weighted by Crippen LogP contribution is 2.38. The van der Waals surface area contributed by atoms with Gasteiger partial charge in [0.05, 0.1) is 5.56 Å². The van der Waals surface area contributed by atoms with Gasteiger partial charge in [-0.3, -0.25) is 0 Å². The fraction of sp³-hybridized carbons (Fsp3) is 0.538. The second-order valence-electron chi connectivity index (χ2n) is 4.91. The molecule has 2 N–H and O–H groups in total. The van der Waals surface area contributed by atoms with Gasteiger partial charge in [0.15, 0.2) is 0 Å². The molecule has 1 aromatic rings. The normalized spacial score (nSPS) is 19.8. The summed E-state index contributed by atoms with van der Waals surface area (Å²) in [5.74, 6) is -1.24. The Hall–Kier alpha value is -1.10. The van der Waals surface area contributed by atoms with Gasteiger partial charge < -0.3 is 5.73 Å². The van der Waals surface area contributed by atoms with E-state index in [-0.39, 0.29) is 0 Å². The molecule has 0 heterocycles. The quantitative estimate of drug-likeness (QED) is 0.761. The van der Waals surface area contributed by atoms with Crippen LogP contribution in [0.15, 0.2) is 18.2 Å². The third kappa shape index (κ3) is 2.51. The van der Waals surface area contributed by atoms with Gasteiger partial charge in [-0.05, 0) is 30.5 Å². The summed E-state index contributed by atoms with van der Waals surface area (Å²) in [4.78, 5) is 0. The van der Waals surface area contributed by atoms with Gasteiger partial charge in [0.1, 0.15) is 5.82 Å². The summed E-state index contributed by atoms with van der Waals surface area (Å²) >= 11 is 0. The van der Waals surface area contributed by atoms with E-state index in [9.17, 15) is 17.6 Å². The van der Waals surface area contributed by atoms with Crippen molar-refractivity contribution >= 4 is 0 Å². The van der Waals surface area contributed by atoms with Gasteiger partial charge in [0, 0.05) is 5.54 Å². The molecule has 0 aliphatic heterocycles. The number of halogens is 4. The molecule has 2 rings (SSSR count). The van der Waals surface area contributed by atoms with Gasteiger partial charge in [0.25, 0.3) is 0 Å². The monoisotopic (exact) mass is 261 g/mol. The van der Waals surface area contributed by atoms with Crippen molar-refractivity contribution < 1.29 is 17.6 Å². The van der Waals surface area contributed by atoms with Gasteiger partial charge in [-0.15, -0.1) is 0 Å². The number of benzene rings is 1. The minimum absolute atomic E-state index is 0.385. The summed E-state index contributed by atoms with van der Waals surface area (Å²) in [6, 6.07) is 3.10. The van der Waals surface area contributed by atoms with Crippen molar-refractivity contribution in [2.24, 2.45) is 5.73 Å². The molecule has 5 heteroatoms. The molecular formula is C13H15F4N. The topological polar surface area (TPSA) is 26.0 Å². The van der Waals surface area contributed by atoms with Gasteiger partial charge in [0.2, 0.25) is 0 Å². The Morgan fingerprint density at radius 3 is 2.22 bits per heavy atom. The fourth-order valence-electron chi connectivity index (χ4n) is 2.52. The standard InChI is InChI=1S/C13H15F4N/c14-11-5-4-9(8-10(11)13(15,16)17)12(18)6-2-1-3-7-12/h4-5,8H,1-3,6-7,18H2. The summed E-state index contributed by atoms with van der Waals surface area (Å²) in [7, 11) is 0. The molecule has 1 fully saturated rings. The summed E-state index contributed by atoms with van der Waals surface area (Å²) in [5.41, 5.74) is 4.57. The van der Waals surface area contributed by atoms with Crippen LogP contribution in [0, 0.1) is 5.82 Å². The molecule has 1 aliphatic rings. The van der Waals surface area contributed by atoms with Crippen molar-refractivity contribution in [3.05, 3.63) is 35.1 Å². The predicted molar refractivity (Wildman–Crippen MR) is 60.4 cm³/mol. The van der Waals surface area contributed by atoms with Crippen LogP contribution in [0.2, 0.25) is 0 Å². The summed E-state index contributed by atoms with van der Waals surface area (Å²) in [6.07, 6.45) is -0.534. The van der Waals surface area contributed by atoms with E-state index in [1.54, 1.807) is 0 Å². The first-order valence-electron chi connectivity index (χ1n) is 5.99. The van der Waals surface area contributed by atoms with Crippen LogP contribution in [0.25, 0.3) is 0 Å². The van der Waals surface area contributed by atoms with E-state index < -0.39 is 23.1 Å². The molecule has 0 radical (unpaired) electrons. The minimum atomic E-state index is -4.68. The highest BCUT2D eigenvalue weighted by Gasteiger charge is 2.37. The Labute approximate surface area is 103 Å². The van der Waals surface area contributed by atoms with Crippen molar-refractivity contribution in [3.63, 3.8) is 0 Å². The molecule has 0 spiro atoms. The lowest BCUT2D eigenvalue weighted by atomic mass is 9.77. The fourth-order valence-corrected chi connectivity index (χ4v) is 2.52. The zero-order valence-corrected chi connectivity index (χ0v) is 9.86. The maximum Gasteiger partial charge on any atom is 0.419 e. The van der Waals surface area contributed by atoms with Crippen LogP contribution in [0.1, 0.15) is 43.2 Å². The third-order valence-corrected chi connectivity index (χ3v) is 3.59. The van der Waals surface area contributed by atoms with E-state index >= 15 is 0 Å². The number of nitrogens with two attached hydrogens (primary N) is 1. The van der Waals surface area contributed by atoms with Gasteiger partial charge in [-0.1, -0.05) is 25.3 Å². The van der Waals surface area contributed by atoms with Gasteiger partial charge >= 0.3 is 6.18 Å². The molecular weight excluding hydrogens is 246 g/mol. The van der Waals surface area contributed by atoms with E-state index in [1.807, 2.05) is 0 Å². The zero-order chi connectivity index (χ0) is 13.4. The smallest absolute Gasteiger partial charge is 0.321 e. The van der Waals surface area contributed by atoms with E-state index in [4.69, 9.17) is 5.73 Å². The maximum atomic E-state index is 13.2. The largest absolute Gasteiger partial charge is 0.419 e. The summed E-state index contributed by atoms with van der Waals surface area (Å²) < 4.78 is 51.1. The third-order valence-electron chi connectivity index (χ3n) is 3.59. The second kappa shape index (κ2) is 4.53. The average Bonchev–Trinajstić information content (AvgIpc) is 2.28. The number of alkyl halides is 3. The molecule has 18 heavy (non-hydrogen) atoms. The van der Waals surface area contributed by atoms with Crippen molar-refractivity contribution in [1.82, 2.24) is 0 Å². The van der Waals surface area contributed by atoms with Crippen LogP contribution >= 0.6 is 0 Å². The molecule has 0 atom stereocenters. The Kier molecular flexibility index (Phi) is 3.36. The van der Waals surface area contributed by atoms with Crippen molar-refractivity contribution in [2.45, 2.75) is 43.8 Å². The molecule has 0 saturated heterocycles. The highest BCUT2D eigenvalue weighted by molar-refractivity contribution is 5.32. The molecule has 0 amide bonds. The minimum Gasteiger partial charge on any atom is -0.321 e. The van der Waals surface area contributed by atoms with Crippen LogP contribution in [0.4, 0.5) is 17.6 Å². The first-order chi connectivity index (χ1) is 8.33. The maximum absolute atomic E-state index is 13.2. The van der Waals surface area contributed by atoms with Crippen LogP contribution in [0.5, 0.6) is 0 Å². The van der Waals surface area contributed by atoms with Gasteiger partial charge in [-0.2, -0.15) is 13.2 Å². The van der Waals surface area contributed by atoms with Crippen LogP contribution in [0.3, 0.4) is 0 Å². The Morgan fingerprint density at radius 2 is 1.67 bits per heavy atom. The Balaban J connectivity index is 2.40. The SMILES string of the molecule is NC1(c2ccc(F)c(C(F)(F)F)c2)CCCCC1. The van der Waals surface area contributed by atoms with E-state index in [2.05, 4.69) is 0 Å². The molecule has 1 saturated carbocycles. The molecule has 1 aromatic carbocycles. The molecule has 1 aliphatic carbocycles. The summed E-state index contributed by atoms with van der Waals surface area (Å²) in [6.45, 7) is 0. The predicted octanol–water partition coefficient (Wildman–Crippen LogP) is 3.96. The Morgan fingerprint density at radius 1 is 1.06 bits per heavy atom. The number of rotatable bonds is 1. The van der Waals surface area contributed by atoms with Crippen LogP contribution in [-0.2, 0) is 11.7 Å². The van der Waals surface area contributed by atoms with Gasteiger partial charge in [-0.25, -0.2) is 4.39 Å². The zero-order valence-electron chi connectivity index (χ0n) is 9.86. The number of hydrogen-bond acceptors (Lipinski definition) is 1. The molecule has 0 bridgehead atoms. The molecule has 0 aromatic heterocycles. The second-order valence-corrected chi connectivity index (χ2v) is 4.91. The highest BCUT2D eigenvalue weighted by atomic mass is 19.4. The molecule has 100 valence electrons. The molecule has 1 nitrogen and oxygen atoms in total. The first-order valence-corrected chi connectivity index (χ1v) is 5.99.